The van der Waals surface area contributed by atoms with Crippen LogP contribution in [-0.4, -0.2) is 35.0 Å². The van der Waals surface area contributed by atoms with Crippen LogP contribution in [0.25, 0.3) is 11.8 Å². The summed E-state index contributed by atoms with van der Waals surface area (Å²) in [6.07, 6.45) is 1.70. The molecule has 0 unspecified atom stereocenters. The van der Waals surface area contributed by atoms with Crippen LogP contribution in [0.5, 0.6) is 11.5 Å². The van der Waals surface area contributed by atoms with Crippen molar-refractivity contribution in [2.24, 2.45) is 4.99 Å². The third-order valence-corrected chi connectivity index (χ3v) is 6.65. The molecule has 0 aromatic heterocycles. The van der Waals surface area contributed by atoms with Gasteiger partial charge in [0.2, 0.25) is 0 Å². The van der Waals surface area contributed by atoms with Crippen molar-refractivity contribution in [1.82, 2.24) is 4.90 Å². The molecule has 0 atom stereocenters. The summed E-state index contributed by atoms with van der Waals surface area (Å²) >= 11 is 1.35. The summed E-state index contributed by atoms with van der Waals surface area (Å²) in [6, 6.07) is 23.3. The first-order valence-corrected chi connectivity index (χ1v) is 12.5. The molecule has 3 aromatic carbocycles. The van der Waals surface area contributed by atoms with E-state index in [1.165, 1.54) is 11.8 Å². The van der Waals surface area contributed by atoms with Crippen LogP contribution < -0.4 is 9.47 Å². The Labute approximate surface area is 214 Å². The van der Waals surface area contributed by atoms with Gasteiger partial charge in [0, 0.05) is 5.41 Å². The number of ether oxygens (including phenoxy) is 2. The molecule has 3 aromatic rings. The highest BCUT2D eigenvalue weighted by molar-refractivity contribution is 8.17. The molecule has 180 valence electrons. The van der Waals surface area contributed by atoms with E-state index < -0.39 is 5.91 Å². The molecule has 0 saturated heterocycles. The maximum Gasteiger partial charge on any atom is 0.283 e. The van der Waals surface area contributed by atoms with Crippen molar-refractivity contribution in [3.05, 3.63) is 106 Å². The summed E-state index contributed by atoms with van der Waals surface area (Å²) < 4.78 is 11.7. The molecule has 6 nitrogen and oxygen atoms in total. The van der Waals surface area contributed by atoms with Gasteiger partial charge in [-0.2, -0.15) is 4.99 Å². The summed E-state index contributed by atoms with van der Waals surface area (Å²) in [6.45, 7) is 4.91. The number of rotatable bonds is 7. The number of nitrogens with one attached hydrogen (secondary N) is 1. The first-order chi connectivity index (χ1) is 17.5. The van der Waals surface area contributed by atoms with Gasteiger partial charge in [-0.05, 0) is 60.4 Å². The summed E-state index contributed by atoms with van der Waals surface area (Å²) in [7, 11) is 0. The fourth-order valence-electron chi connectivity index (χ4n) is 3.92. The second-order valence-corrected chi connectivity index (χ2v) is 9.30. The average molecular weight is 496 g/mol. The van der Waals surface area contributed by atoms with Crippen molar-refractivity contribution in [2.75, 3.05) is 13.2 Å². The first-order valence-electron chi connectivity index (χ1n) is 11.6. The van der Waals surface area contributed by atoms with Gasteiger partial charge in [-0.1, -0.05) is 66.4 Å². The van der Waals surface area contributed by atoms with Crippen molar-refractivity contribution in [3.63, 3.8) is 0 Å². The highest BCUT2D eigenvalue weighted by Gasteiger charge is 2.36. The van der Waals surface area contributed by atoms with Crippen LogP contribution in [0.1, 0.15) is 22.3 Å². The van der Waals surface area contributed by atoms with E-state index in [2.05, 4.69) is 11.1 Å². The molecular formula is C29H25N3O3S. The minimum Gasteiger partial charge on any atom is -0.490 e. The van der Waals surface area contributed by atoms with Gasteiger partial charge in [-0.3, -0.25) is 15.1 Å². The Bertz CT molecular complexity index is 1410. The second kappa shape index (κ2) is 10.3. The number of amides is 1. The molecule has 0 saturated carbocycles. The van der Waals surface area contributed by atoms with Crippen LogP contribution in [0.3, 0.4) is 0 Å². The Morgan fingerprint density at radius 1 is 0.972 bits per heavy atom. The molecule has 1 amide bonds. The molecule has 1 N–H and O–H groups in total. The van der Waals surface area contributed by atoms with Crippen molar-refractivity contribution in [1.29, 1.82) is 5.41 Å². The van der Waals surface area contributed by atoms with E-state index in [0.29, 0.717) is 24.1 Å². The number of fused-ring (bicyclic) bond motifs is 1. The highest BCUT2D eigenvalue weighted by atomic mass is 32.2. The number of hydrogen-bond donors (Lipinski definition) is 1. The molecule has 0 spiro atoms. The lowest BCUT2D eigenvalue weighted by Gasteiger charge is -2.26. The third kappa shape index (κ3) is 4.97. The van der Waals surface area contributed by atoms with Gasteiger partial charge < -0.3 is 9.47 Å². The van der Waals surface area contributed by atoms with Crippen LogP contribution in [-0.2, 0) is 4.79 Å². The average Bonchev–Trinajstić information content (AvgIpc) is 3.31. The fraction of sp³-hybridized carbons (Fsp3) is 0.138. The molecule has 2 aliphatic heterocycles. The van der Waals surface area contributed by atoms with Crippen LogP contribution in [0.15, 0.2) is 88.8 Å². The van der Waals surface area contributed by atoms with Gasteiger partial charge in [0.05, 0.1) is 11.3 Å². The predicted octanol–water partition coefficient (Wildman–Crippen LogP) is 6.07. The number of thioether (sulfide) groups is 1. The Morgan fingerprint density at radius 2 is 1.72 bits per heavy atom. The van der Waals surface area contributed by atoms with Crippen molar-refractivity contribution in [2.45, 2.75) is 13.8 Å². The lowest BCUT2D eigenvalue weighted by molar-refractivity contribution is -0.114. The van der Waals surface area contributed by atoms with Crippen molar-refractivity contribution < 1.29 is 14.3 Å². The van der Waals surface area contributed by atoms with E-state index in [1.54, 1.807) is 11.0 Å². The minimum absolute atomic E-state index is 0.119. The Hall–Kier alpha value is -4.10. The monoisotopic (exact) mass is 495 g/mol. The van der Waals surface area contributed by atoms with Gasteiger partial charge in [-0.25, -0.2) is 0 Å². The number of carbonyl (C=O) groups excluding carboxylic acids is 1. The normalized spacial score (nSPS) is 16.1. The standard InChI is InChI=1S/C29H25N3O3S/c1-19-8-9-20(2)26(16-19)35-15-14-34-23-12-10-21(11-13-23)17-24-27(30)32-25(22-6-4-3-5-7-22)18-36-29(32)31-28(24)33/h3-13,16-18,30H,14-15H2,1-2H3/b24-17-,30-27?. The molecule has 7 heteroatoms. The zero-order valence-corrected chi connectivity index (χ0v) is 20.8. The highest BCUT2D eigenvalue weighted by Crippen LogP contribution is 2.37. The van der Waals surface area contributed by atoms with Crippen LogP contribution in [0.2, 0.25) is 0 Å². The number of amidine groups is 2. The van der Waals surface area contributed by atoms with Crippen molar-refractivity contribution >= 4 is 40.4 Å². The Balaban J connectivity index is 1.24. The maximum atomic E-state index is 12.7. The zero-order valence-electron chi connectivity index (χ0n) is 20.0. The molecule has 0 aliphatic carbocycles. The maximum absolute atomic E-state index is 12.7. The summed E-state index contributed by atoms with van der Waals surface area (Å²) in [4.78, 5) is 18.6. The van der Waals surface area contributed by atoms with E-state index in [4.69, 9.17) is 14.9 Å². The Kier molecular flexibility index (Phi) is 6.73. The topological polar surface area (TPSA) is 75.0 Å². The van der Waals surface area contributed by atoms with Gasteiger partial charge in [0.25, 0.3) is 5.91 Å². The molecule has 0 fully saturated rings. The smallest absolute Gasteiger partial charge is 0.283 e. The zero-order chi connectivity index (χ0) is 25.1. The lowest BCUT2D eigenvalue weighted by atomic mass is 10.1. The Morgan fingerprint density at radius 3 is 2.50 bits per heavy atom. The largest absolute Gasteiger partial charge is 0.490 e. The van der Waals surface area contributed by atoms with E-state index in [-0.39, 0.29) is 11.4 Å². The number of hydrogen-bond acceptors (Lipinski definition) is 5. The van der Waals surface area contributed by atoms with Crippen LogP contribution >= 0.6 is 11.8 Å². The van der Waals surface area contributed by atoms with Gasteiger partial charge in [-0.15, -0.1) is 0 Å². The van der Waals surface area contributed by atoms with E-state index in [0.717, 1.165) is 33.7 Å². The number of nitrogens with zero attached hydrogens (tertiary/aromatic N) is 2. The van der Waals surface area contributed by atoms with Gasteiger partial charge in [0.1, 0.15) is 30.5 Å². The predicted molar refractivity (Wildman–Crippen MR) is 145 cm³/mol. The molecule has 36 heavy (non-hydrogen) atoms. The quantitative estimate of drug-likeness (QED) is 0.318. The molecule has 0 radical (unpaired) electrons. The van der Waals surface area contributed by atoms with Gasteiger partial charge in [0.15, 0.2) is 5.17 Å². The summed E-state index contributed by atoms with van der Waals surface area (Å²) in [5.41, 5.74) is 5.10. The van der Waals surface area contributed by atoms with Gasteiger partial charge >= 0.3 is 0 Å². The second-order valence-electron chi connectivity index (χ2n) is 8.46. The molecule has 2 aliphatic rings. The van der Waals surface area contributed by atoms with E-state index in [1.807, 2.05) is 86.0 Å². The number of benzene rings is 3. The number of aliphatic imine (C=N–C) groups is 1. The van der Waals surface area contributed by atoms with Crippen molar-refractivity contribution in [3.8, 4) is 11.5 Å². The van der Waals surface area contributed by atoms with Crippen LogP contribution in [0.4, 0.5) is 0 Å². The number of aryl methyl sites for hydroxylation is 2. The summed E-state index contributed by atoms with van der Waals surface area (Å²) in [5.74, 6) is 1.28. The van der Waals surface area contributed by atoms with Crippen LogP contribution in [0, 0.1) is 19.3 Å². The summed E-state index contributed by atoms with van der Waals surface area (Å²) in [5, 5.41) is 11.2. The van der Waals surface area contributed by atoms with E-state index in [9.17, 15) is 4.79 Å². The fourth-order valence-corrected chi connectivity index (χ4v) is 4.80. The van der Waals surface area contributed by atoms with E-state index >= 15 is 0 Å². The minimum atomic E-state index is -0.412. The SMILES string of the molecule is Cc1ccc(C)c(OCCOc2ccc(/C=C3/C(=N)N4C(c5ccccc5)=CSC4=NC3=O)cc2)c1. The molecule has 5 rings (SSSR count). The first kappa shape index (κ1) is 23.6. The molecular weight excluding hydrogens is 470 g/mol. The molecule has 0 bridgehead atoms. The number of carbonyl (C=O) groups is 1. The third-order valence-electron chi connectivity index (χ3n) is 5.83. The lowest BCUT2D eigenvalue weighted by Crippen LogP contribution is -2.38. The molecule has 2 heterocycles.